The number of amides is 1. The van der Waals surface area contributed by atoms with Crippen molar-refractivity contribution in [3.63, 3.8) is 0 Å². The molecular formula is C15H19Cl2NO2. The normalized spacial score (nSPS) is 12.6. The highest BCUT2D eigenvalue weighted by Crippen LogP contribution is 2.26. The highest BCUT2D eigenvalue weighted by atomic mass is 35.5. The van der Waals surface area contributed by atoms with E-state index < -0.39 is 0 Å². The smallest absolute Gasteiger partial charge is 0.243 e. The quantitative estimate of drug-likeness (QED) is 0.597. The van der Waals surface area contributed by atoms with E-state index >= 15 is 0 Å². The van der Waals surface area contributed by atoms with Crippen LogP contribution in [0.3, 0.4) is 0 Å². The van der Waals surface area contributed by atoms with Gasteiger partial charge in [0.2, 0.25) is 5.91 Å². The van der Waals surface area contributed by atoms with Crippen LogP contribution in [0.15, 0.2) is 24.3 Å². The molecule has 1 amide bonds. The summed E-state index contributed by atoms with van der Waals surface area (Å²) in [6.07, 6.45) is 4.81. The first-order valence-corrected chi connectivity index (χ1v) is 7.31. The summed E-state index contributed by atoms with van der Waals surface area (Å²) in [5.74, 6) is 0.102. The van der Waals surface area contributed by atoms with Crippen molar-refractivity contribution in [2.45, 2.75) is 19.8 Å². The number of halogens is 2. The Morgan fingerprint density at radius 1 is 1.45 bits per heavy atom. The topological polar surface area (TPSA) is 49.3 Å². The summed E-state index contributed by atoms with van der Waals surface area (Å²) >= 11 is 11.9. The average Bonchev–Trinajstić information content (AvgIpc) is 2.44. The number of hydrogen-bond acceptors (Lipinski definition) is 2. The van der Waals surface area contributed by atoms with Gasteiger partial charge in [-0.1, -0.05) is 42.3 Å². The fourth-order valence-electron chi connectivity index (χ4n) is 1.63. The molecule has 1 aromatic rings. The van der Waals surface area contributed by atoms with E-state index in [1.54, 1.807) is 24.3 Å². The molecule has 5 heteroatoms. The minimum Gasteiger partial charge on any atom is -0.396 e. The van der Waals surface area contributed by atoms with Crippen molar-refractivity contribution in [3.8, 4) is 0 Å². The number of aliphatic hydroxyl groups excluding tert-OH is 1. The van der Waals surface area contributed by atoms with Gasteiger partial charge in [0.15, 0.2) is 0 Å². The highest BCUT2D eigenvalue weighted by molar-refractivity contribution is 6.42. The van der Waals surface area contributed by atoms with Crippen LogP contribution in [-0.2, 0) is 4.79 Å². The van der Waals surface area contributed by atoms with Crippen LogP contribution in [0.2, 0.25) is 10.0 Å². The molecule has 110 valence electrons. The second kappa shape index (κ2) is 9.01. The Hall–Kier alpha value is -1.03. The van der Waals surface area contributed by atoms with Crippen molar-refractivity contribution < 1.29 is 9.90 Å². The van der Waals surface area contributed by atoms with Crippen LogP contribution in [0.1, 0.15) is 25.3 Å². The zero-order valence-electron chi connectivity index (χ0n) is 11.4. The predicted octanol–water partition coefficient (Wildman–Crippen LogP) is 3.53. The van der Waals surface area contributed by atoms with Gasteiger partial charge < -0.3 is 10.4 Å². The van der Waals surface area contributed by atoms with Crippen LogP contribution in [-0.4, -0.2) is 24.2 Å². The lowest BCUT2D eigenvalue weighted by Gasteiger charge is -2.07. The van der Waals surface area contributed by atoms with Crippen molar-refractivity contribution in [3.05, 3.63) is 39.9 Å². The summed E-state index contributed by atoms with van der Waals surface area (Å²) in [4.78, 5) is 11.6. The van der Waals surface area contributed by atoms with Crippen molar-refractivity contribution in [2.75, 3.05) is 13.2 Å². The van der Waals surface area contributed by atoms with E-state index in [2.05, 4.69) is 5.32 Å². The lowest BCUT2D eigenvalue weighted by Crippen LogP contribution is -2.22. The Labute approximate surface area is 129 Å². The Balaban J connectivity index is 2.38. The molecule has 0 saturated heterocycles. The number of aliphatic hydroxyl groups is 1. The SMILES string of the molecule is CC(CO)CCCNC(=O)/C=C/c1cccc(Cl)c1Cl. The number of nitrogens with one attached hydrogen (secondary N) is 1. The third-order valence-corrected chi connectivity index (χ3v) is 3.71. The van der Waals surface area contributed by atoms with Crippen LogP contribution >= 0.6 is 23.2 Å². The van der Waals surface area contributed by atoms with Gasteiger partial charge in [-0.05, 0) is 36.5 Å². The van der Waals surface area contributed by atoms with Crippen LogP contribution in [0.25, 0.3) is 6.08 Å². The first-order chi connectivity index (χ1) is 9.54. The van der Waals surface area contributed by atoms with E-state index in [1.807, 2.05) is 6.92 Å². The van der Waals surface area contributed by atoms with Gasteiger partial charge in [-0.2, -0.15) is 0 Å². The van der Waals surface area contributed by atoms with Gasteiger partial charge in [-0.3, -0.25) is 4.79 Å². The number of hydrogen-bond donors (Lipinski definition) is 2. The third-order valence-electron chi connectivity index (χ3n) is 2.88. The van der Waals surface area contributed by atoms with E-state index in [9.17, 15) is 4.79 Å². The van der Waals surface area contributed by atoms with E-state index in [0.29, 0.717) is 22.2 Å². The standard InChI is InChI=1S/C15H19Cl2NO2/c1-11(10-19)4-3-9-18-14(20)8-7-12-5-2-6-13(16)15(12)17/h2,5-8,11,19H,3-4,9-10H2,1H3,(H,18,20)/b8-7+. The fourth-order valence-corrected chi connectivity index (χ4v) is 2.00. The third kappa shape index (κ3) is 5.95. The molecule has 1 atom stereocenters. The number of rotatable bonds is 7. The molecule has 2 N–H and O–H groups in total. The summed E-state index contributed by atoms with van der Waals surface area (Å²) in [6, 6.07) is 5.27. The van der Waals surface area contributed by atoms with Gasteiger partial charge in [0, 0.05) is 19.2 Å². The van der Waals surface area contributed by atoms with Gasteiger partial charge >= 0.3 is 0 Å². The molecule has 0 bridgehead atoms. The second-order valence-corrected chi connectivity index (χ2v) is 5.48. The van der Waals surface area contributed by atoms with E-state index in [-0.39, 0.29) is 18.4 Å². The number of carbonyl (C=O) groups is 1. The molecule has 0 aliphatic rings. The molecule has 0 heterocycles. The average molecular weight is 316 g/mol. The van der Waals surface area contributed by atoms with Gasteiger partial charge in [0.1, 0.15) is 0 Å². The van der Waals surface area contributed by atoms with Gasteiger partial charge in [-0.15, -0.1) is 0 Å². The second-order valence-electron chi connectivity index (χ2n) is 4.70. The Bertz CT molecular complexity index is 475. The first kappa shape index (κ1) is 17.0. The van der Waals surface area contributed by atoms with Crippen LogP contribution in [0.5, 0.6) is 0 Å². The summed E-state index contributed by atoms with van der Waals surface area (Å²) in [6.45, 7) is 2.75. The molecule has 0 saturated carbocycles. The van der Waals surface area contributed by atoms with Crippen molar-refractivity contribution in [2.24, 2.45) is 5.92 Å². The molecule has 1 rings (SSSR count). The van der Waals surface area contributed by atoms with E-state index in [0.717, 1.165) is 12.8 Å². The summed E-state index contributed by atoms with van der Waals surface area (Å²) in [5.41, 5.74) is 0.711. The molecule has 1 aromatic carbocycles. The molecule has 0 spiro atoms. The zero-order valence-corrected chi connectivity index (χ0v) is 12.9. The van der Waals surface area contributed by atoms with Gasteiger partial charge in [0.25, 0.3) is 0 Å². The molecule has 0 aliphatic carbocycles. The molecular weight excluding hydrogens is 297 g/mol. The van der Waals surface area contributed by atoms with Crippen LogP contribution < -0.4 is 5.32 Å². The number of benzene rings is 1. The monoisotopic (exact) mass is 315 g/mol. The van der Waals surface area contributed by atoms with Crippen molar-refractivity contribution >= 4 is 35.2 Å². The number of carbonyl (C=O) groups excluding carboxylic acids is 1. The van der Waals surface area contributed by atoms with Gasteiger partial charge in [-0.25, -0.2) is 0 Å². The molecule has 0 aliphatic heterocycles. The Kier molecular flexibility index (Phi) is 7.67. The predicted molar refractivity (Wildman–Crippen MR) is 84.0 cm³/mol. The Morgan fingerprint density at radius 2 is 2.20 bits per heavy atom. The molecule has 0 fully saturated rings. The molecule has 20 heavy (non-hydrogen) atoms. The first-order valence-electron chi connectivity index (χ1n) is 6.55. The molecule has 1 unspecified atom stereocenters. The highest BCUT2D eigenvalue weighted by Gasteiger charge is 2.02. The maximum Gasteiger partial charge on any atom is 0.243 e. The Morgan fingerprint density at radius 3 is 2.90 bits per heavy atom. The minimum atomic E-state index is -0.169. The van der Waals surface area contributed by atoms with Gasteiger partial charge in [0.05, 0.1) is 10.0 Å². The van der Waals surface area contributed by atoms with Crippen LogP contribution in [0, 0.1) is 5.92 Å². The fraction of sp³-hybridized carbons (Fsp3) is 0.400. The molecule has 3 nitrogen and oxygen atoms in total. The molecule has 0 aromatic heterocycles. The largest absolute Gasteiger partial charge is 0.396 e. The molecule has 0 radical (unpaired) electrons. The van der Waals surface area contributed by atoms with Crippen molar-refractivity contribution in [1.82, 2.24) is 5.32 Å². The summed E-state index contributed by atoms with van der Waals surface area (Å²) < 4.78 is 0. The zero-order chi connectivity index (χ0) is 15.0. The maximum absolute atomic E-state index is 11.6. The van der Waals surface area contributed by atoms with Crippen molar-refractivity contribution in [1.29, 1.82) is 0 Å². The van der Waals surface area contributed by atoms with Crippen LogP contribution in [0.4, 0.5) is 0 Å². The summed E-state index contributed by atoms with van der Waals surface area (Å²) in [5, 5.41) is 12.6. The lowest BCUT2D eigenvalue weighted by molar-refractivity contribution is -0.116. The van der Waals surface area contributed by atoms with E-state index in [1.165, 1.54) is 6.08 Å². The lowest BCUT2D eigenvalue weighted by atomic mass is 10.1. The maximum atomic E-state index is 11.6. The summed E-state index contributed by atoms with van der Waals surface area (Å²) in [7, 11) is 0. The minimum absolute atomic E-state index is 0.169. The van der Waals surface area contributed by atoms with E-state index in [4.69, 9.17) is 28.3 Å².